The Balaban J connectivity index is 2.24. The normalized spacial score (nSPS) is 19.9. The van der Waals surface area contributed by atoms with Crippen molar-refractivity contribution in [2.24, 2.45) is 0 Å². The van der Waals surface area contributed by atoms with Crippen molar-refractivity contribution in [3.05, 3.63) is 34.9 Å². The Morgan fingerprint density at radius 2 is 2.17 bits per heavy atom. The summed E-state index contributed by atoms with van der Waals surface area (Å²) in [6.45, 7) is 4.82. The standard InChI is InChI=1S/C15H21NO2/c1-11-6-7-14(12(2)9-11)15(18)16-8-4-3-5-13(16)10-17/h6-7,9,13,17H,3-5,8,10H2,1-2H3. The average Bonchev–Trinajstić information content (AvgIpc) is 2.38. The van der Waals surface area contributed by atoms with Crippen LogP contribution in [0.4, 0.5) is 0 Å². The van der Waals surface area contributed by atoms with E-state index in [0.29, 0.717) is 0 Å². The molecule has 2 rings (SSSR count). The molecule has 1 amide bonds. The zero-order valence-corrected chi connectivity index (χ0v) is 11.1. The number of carbonyl (C=O) groups is 1. The molecule has 3 heteroatoms. The van der Waals surface area contributed by atoms with Crippen molar-refractivity contribution >= 4 is 5.91 Å². The van der Waals surface area contributed by atoms with Crippen LogP contribution in [0.2, 0.25) is 0 Å². The van der Waals surface area contributed by atoms with Crippen LogP contribution < -0.4 is 0 Å². The highest BCUT2D eigenvalue weighted by Gasteiger charge is 2.27. The summed E-state index contributed by atoms with van der Waals surface area (Å²) < 4.78 is 0. The van der Waals surface area contributed by atoms with E-state index in [-0.39, 0.29) is 18.6 Å². The number of amides is 1. The Morgan fingerprint density at radius 1 is 1.39 bits per heavy atom. The number of hydrogen-bond donors (Lipinski definition) is 1. The zero-order valence-electron chi connectivity index (χ0n) is 11.1. The monoisotopic (exact) mass is 247 g/mol. The van der Waals surface area contributed by atoms with Gasteiger partial charge >= 0.3 is 0 Å². The highest BCUT2D eigenvalue weighted by molar-refractivity contribution is 5.96. The molecular formula is C15H21NO2. The van der Waals surface area contributed by atoms with Crippen LogP contribution in [0.25, 0.3) is 0 Å². The first-order valence-electron chi connectivity index (χ1n) is 6.62. The molecule has 1 aliphatic heterocycles. The molecule has 1 N–H and O–H groups in total. The van der Waals surface area contributed by atoms with Crippen molar-refractivity contribution in [3.8, 4) is 0 Å². The first kappa shape index (κ1) is 13.1. The number of aliphatic hydroxyl groups excluding tert-OH is 1. The molecule has 1 atom stereocenters. The van der Waals surface area contributed by atoms with Gasteiger partial charge in [-0.2, -0.15) is 0 Å². The van der Waals surface area contributed by atoms with Crippen LogP contribution in [-0.2, 0) is 0 Å². The molecule has 0 aromatic heterocycles. The summed E-state index contributed by atoms with van der Waals surface area (Å²) in [5.74, 6) is 0.0613. The van der Waals surface area contributed by atoms with Gasteiger partial charge in [0, 0.05) is 12.1 Å². The van der Waals surface area contributed by atoms with E-state index >= 15 is 0 Å². The highest BCUT2D eigenvalue weighted by Crippen LogP contribution is 2.21. The molecule has 1 heterocycles. The van der Waals surface area contributed by atoms with Crippen LogP contribution in [0, 0.1) is 13.8 Å². The SMILES string of the molecule is Cc1ccc(C(=O)N2CCCCC2CO)c(C)c1. The molecule has 3 nitrogen and oxygen atoms in total. The minimum Gasteiger partial charge on any atom is -0.394 e. The summed E-state index contributed by atoms with van der Waals surface area (Å²) in [5, 5.41) is 9.38. The predicted molar refractivity (Wildman–Crippen MR) is 71.7 cm³/mol. The van der Waals surface area contributed by atoms with E-state index in [0.717, 1.165) is 36.9 Å². The van der Waals surface area contributed by atoms with Gasteiger partial charge in [0.25, 0.3) is 5.91 Å². The fourth-order valence-electron chi connectivity index (χ4n) is 2.67. The summed E-state index contributed by atoms with van der Waals surface area (Å²) in [6.07, 6.45) is 3.04. The van der Waals surface area contributed by atoms with Crippen LogP contribution in [-0.4, -0.2) is 35.1 Å². The smallest absolute Gasteiger partial charge is 0.254 e. The van der Waals surface area contributed by atoms with Crippen LogP contribution >= 0.6 is 0 Å². The molecule has 1 fully saturated rings. The Morgan fingerprint density at radius 3 is 2.83 bits per heavy atom. The van der Waals surface area contributed by atoms with Crippen molar-refractivity contribution in [2.45, 2.75) is 39.2 Å². The predicted octanol–water partition coefficient (Wildman–Crippen LogP) is 2.29. The van der Waals surface area contributed by atoms with Gasteiger partial charge in [0.2, 0.25) is 0 Å². The van der Waals surface area contributed by atoms with Gasteiger partial charge in [-0.15, -0.1) is 0 Å². The highest BCUT2D eigenvalue weighted by atomic mass is 16.3. The quantitative estimate of drug-likeness (QED) is 0.871. The fourth-order valence-corrected chi connectivity index (χ4v) is 2.67. The van der Waals surface area contributed by atoms with Gasteiger partial charge in [-0.3, -0.25) is 4.79 Å². The number of rotatable bonds is 2. The van der Waals surface area contributed by atoms with Crippen LogP contribution in [0.15, 0.2) is 18.2 Å². The van der Waals surface area contributed by atoms with Gasteiger partial charge in [-0.05, 0) is 44.7 Å². The molecule has 98 valence electrons. The molecule has 0 bridgehead atoms. The molecule has 1 aliphatic rings. The third-order valence-corrected chi connectivity index (χ3v) is 3.71. The van der Waals surface area contributed by atoms with E-state index in [1.54, 1.807) is 0 Å². The number of hydrogen-bond acceptors (Lipinski definition) is 2. The lowest BCUT2D eigenvalue weighted by Crippen LogP contribution is -2.45. The van der Waals surface area contributed by atoms with Crippen molar-refractivity contribution in [1.29, 1.82) is 0 Å². The summed E-state index contributed by atoms with van der Waals surface area (Å²) in [6, 6.07) is 5.89. The third kappa shape index (κ3) is 2.56. The van der Waals surface area contributed by atoms with Gasteiger partial charge in [0.05, 0.1) is 12.6 Å². The third-order valence-electron chi connectivity index (χ3n) is 3.71. The van der Waals surface area contributed by atoms with Crippen LogP contribution in [0.1, 0.15) is 40.7 Å². The Labute approximate surface area is 108 Å². The lowest BCUT2D eigenvalue weighted by molar-refractivity contribution is 0.0502. The Bertz CT molecular complexity index is 442. The van der Waals surface area contributed by atoms with Gasteiger partial charge in [0.1, 0.15) is 0 Å². The second-order valence-corrected chi connectivity index (χ2v) is 5.15. The molecule has 0 aliphatic carbocycles. The van der Waals surface area contributed by atoms with Gasteiger partial charge in [-0.25, -0.2) is 0 Å². The number of nitrogens with zero attached hydrogens (tertiary/aromatic N) is 1. The van der Waals surface area contributed by atoms with E-state index in [2.05, 4.69) is 0 Å². The molecule has 0 spiro atoms. The van der Waals surface area contributed by atoms with Gasteiger partial charge < -0.3 is 10.0 Å². The van der Waals surface area contributed by atoms with E-state index in [4.69, 9.17) is 0 Å². The number of piperidine rings is 1. The van der Waals surface area contributed by atoms with Crippen molar-refractivity contribution in [1.82, 2.24) is 4.90 Å². The maximum Gasteiger partial charge on any atom is 0.254 e. The largest absolute Gasteiger partial charge is 0.394 e. The first-order valence-corrected chi connectivity index (χ1v) is 6.62. The topological polar surface area (TPSA) is 40.5 Å². The molecule has 1 aromatic rings. The Kier molecular flexibility index (Phi) is 4.02. The summed E-state index contributed by atoms with van der Waals surface area (Å²) in [7, 11) is 0. The molecule has 18 heavy (non-hydrogen) atoms. The minimum atomic E-state index is -0.00745. The first-order chi connectivity index (χ1) is 8.63. The lowest BCUT2D eigenvalue weighted by atomic mass is 9.99. The second-order valence-electron chi connectivity index (χ2n) is 5.15. The van der Waals surface area contributed by atoms with E-state index in [1.165, 1.54) is 5.56 Å². The minimum absolute atomic E-state index is 0.00745. The van der Waals surface area contributed by atoms with Crippen molar-refractivity contribution in [3.63, 3.8) is 0 Å². The number of carbonyl (C=O) groups excluding carboxylic acids is 1. The average molecular weight is 247 g/mol. The van der Waals surface area contributed by atoms with Gasteiger partial charge in [0.15, 0.2) is 0 Å². The second kappa shape index (κ2) is 5.53. The maximum absolute atomic E-state index is 12.5. The molecule has 0 saturated carbocycles. The zero-order chi connectivity index (χ0) is 13.1. The number of aliphatic hydroxyl groups is 1. The Hall–Kier alpha value is -1.35. The maximum atomic E-state index is 12.5. The van der Waals surface area contributed by atoms with Gasteiger partial charge in [-0.1, -0.05) is 17.7 Å². The molecule has 1 unspecified atom stereocenters. The molecule has 1 aromatic carbocycles. The van der Waals surface area contributed by atoms with E-state index in [9.17, 15) is 9.90 Å². The molecule has 0 radical (unpaired) electrons. The molecule has 1 saturated heterocycles. The molecular weight excluding hydrogens is 226 g/mol. The van der Waals surface area contributed by atoms with E-state index in [1.807, 2.05) is 36.9 Å². The number of likely N-dealkylation sites (tertiary alicyclic amines) is 1. The van der Waals surface area contributed by atoms with E-state index < -0.39 is 0 Å². The summed E-state index contributed by atoms with van der Waals surface area (Å²) >= 11 is 0. The van der Waals surface area contributed by atoms with Crippen molar-refractivity contribution < 1.29 is 9.90 Å². The number of benzene rings is 1. The number of aryl methyl sites for hydroxylation is 2. The lowest BCUT2D eigenvalue weighted by Gasteiger charge is -2.35. The summed E-state index contributed by atoms with van der Waals surface area (Å²) in [5.41, 5.74) is 2.95. The fraction of sp³-hybridized carbons (Fsp3) is 0.533. The van der Waals surface area contributed by atoms with Crippen molar-refractivity contribution in [2.75, 3.05) is 13.2 Å². The van der Waals surface area contributed by atoms with Crippen LogP contribution in [0.5, 0.6) is 0 Å². The summed E-state index contributed by atoms with van der Waals surface area (Å²) in [4.78, 5) is 14.4. The van der Waals surface area contributed by atoms with Crippen LogP contribution in [0.3, 0.4) is 0 Å².